The van der Waals surface area contributed by atoms with Crippen molar-refractivity contribution in [1.82, 2.24) is 20.4 Å². The van der Waals surface area contributed by atoms with Crippen molar-refractivity contribution < 1.29 is 18.4 Å². The lowest BCUT2D eigenvalue weighted by molar-refractivity contribution is 0.202. The van der Waals surface area contributed by atoms with Gasteiger partial charge in [0, 0.05) is 12.1 Å². The zero-order chi connectivity index (χ0) is 18.5. The number of nitrogens with one attached hydrogen (secondary N) is 1. The fraction of sp³-hybridized carbons (Fsp3) is 0.176. The van der Waals surface area contributed by atoms with Gasteiger partial charge in [-0.25, -0.2) is 14.2 Å². The first-order chi connectivity index (χ1) is 12.6. The second kappa shape index (κ2) is 7.87. The number of thiazole rings is 1. The van der Waals surface area contributed by atoms with Gasteiger partial charge >= 0.3 is 6.09 Å². The maximum absolute atomic E-state index is 13.1. The maximum Gasteiger partial charge on any atom is 0.413 e. The van der Waals surface area contributed by atoms with Crippen molar-refractivity contribution in [1.29, 1.82) is 0 Å². The van der Waals surface area contributed by atoms with E-state index in [4.69, 9.17) is 9.26 Å². The van der Waals surface area contributed by atoms with E-state index in [0.29, 0.717) is 39.3 Å². The second-order valence-corrected chi connectivity index (χ2v) is 6.16. The largest absolute Gasteiger partial charge is 0.413 e. The molecule has 1 N–H and O–H groups in total. The van der Waals surface area contributed by atoms with E-state index >= 15 is 0 Å². The highest BCUT2D eigenvalue weighted by Crippen LogP contribution is 2.27. The number of amides is 1. The second-order valence-electron chi connectivity index (χ2n) is 5.13. The van der Waals surface area contributed by atoms with Crippen LogP contribution in [0.25, 0.3) is 23.5 Å². The van der Waals surface area contributed by atoms with Crippen LogP contribution in [0.1, 0.15) is 23.3 Å². The molecule has 0 saturated heterocycles. The maximum atomic E-state index is 13.1. The third-order valence-electron chi connectivity index (χ3n) is 3.29. The van der Waals surface area contributed by atoms with Crippen molar-refractivity contribution in [3.8, 4) is 16.5 Å². The highest BCUT2D eigenvalue weighted by atomic mass is 32.1. The van der Waals surface area contributed by atoms with Crippen molar-refractivity contribution >= 4 is 29.6 Å². The molecular weight excluding hydrogens is 359 g/mol. The van der Waals surface area contributed by atoms with Gasteiger partial charge in [0.1, 0.15) is 22.3 Å². The van der Waals surface area contributed by atoms with Gasteiger partial charge < -0.3 is 14.6 Å². The van der Waals surface area contributed by atoms with Crippen LogP contribution >= 0.6 is 11.3 Å². The lowest BCUT2D eigenvalue weighted by Gasteiger charge is -1.99. The van der Waals surface area contributed by atoms with Crippen LogP contribution in [0.15, 0.2) is 29.0 Å². The highest BCUT2D eigenvalue weighted by molar-refractivity contribution is 7.14. The SMILES string of the molecule is CCNC(=O)Oc1cnc(/C=C/c2c(-c3ccc(F)cn3)noc2C)s1. The van der Waals surface area contributed by atoms with E-state index < -0.39 is 11.9 Å². The molecule has 0 aliphatic carbocycles. The van der Waals surface area contributed by atoms with Crippen LogP contribution in [0, 0.1) is 12.7 Å². The summed E-state index contributed by atoms with van der Waals surface area (Å²) in [5.41, 5.74) is 1.72. The minimum Gasteiger partial charge on any atom is -0.397 e. The lowest BCUT2D eigenvalue weighted by Crippen LogP contribution is -2.25. The van der Waals surface area contributed by atoms with Gasteiger partial charge in [-0.05, 0) is 38.1 Å². The van der Waals surface area contributed by atoms with Crippen LogP contribution in [0.5, 0.6) is 5.06 Å². The molecular formula is C17H15FN4O3S. The Morgan fingerprint density at radius 2 is 2.19 bits per heavy atom. The van der Waals surface area contributed by atoms with Gasteiger partial charge in [-0.15, -0.1) is 0 Å². The third kappa shape index (κ3) is 4.12. The van der Waals surface area contributed by atoms with E-state index in [2.05, 4.69) is 20.4 Å². The predicted octanol–water partition coefficient (Wildman–Crippen LogP) is 3.92. The summed E-state index contributed by atoms with van der Waals surface area (Å²) >= 11 is 1.22. The molecule has 0 bridgehead atoms. The van der Waals surface area contributed by atoms with Gasteiger partial charge in [-0.1, -0.05) is 16.5 Å². The molecule has 0 radical (unpaired) electrons. The fourth-order valence-electron chi connectivity index (χ4n) is 2.10. The number of ether oxygens (including phenoxy) is 1. The molecule has 3 aromatic heterocycles. The van der Waals surface area contributed by atoms with Crippen LogP contribution in [-0.2, 0) is 0 Å². The zero-order valence-electron chi connectivity index (χ0n) is 14.0. The molecule has 0 spiro atoms. The normalized spacial score (nSPS) is 11.0. The number of rotatable bonds is 5. The Hall–Kier alpha value is -3.07. The topological polar surface area (TPSA) is 90.1 Å². The van der Waals surface area contributed by atoms with E-state index in [0.717, 1.165) is 6.20 Å². The van der Waals surface area contributed by atoms with Crippen molar-refractivity contribution in [2.75, 3.05) is 6.54 Å². The van der Waals surface area contributed by atoms with E-state index in [9.17, 15) is 9.18 Å². The molecule has 3 aromatic rings. The van der Waals surface area contributed by atoms with Gasteiger partial charge in [0.2, 0.25) is 5.06 Å². The summed E-state index contributed by atoms with van der Waals surface area (Å²) in [5, 5.41) is 7.56. The monoisotopic (exact) mass is 374 g/mol. The Balaban J connectivity index is 1.79. The average Bonchev–Trinajstić information content (AvgIpc) is 3.20. The standard InChI is InChI=1S/C17H15FN4O3S/c1-3-19-17(23)24-15-9-21-14(26-15)7-5-12-10(2)25-22-16(12)13-6-4-11(18)8-20-13/h4-9H,3H2,1-2H3,(H,19,23)/b7-5+. The number of aryl methyl sites for hydroxylation is 1. The van der Waals surface area contributed by atoms with E-state index in [1.807, 2.05) is 0 Å². The summed E-state index contributed by atoms with van der Waals surface area (Å²) in [5.74, 6) is 0.172. The molecule has 0 aliphatic rings. The molecule has 0 atom stereocenters. The third-order valence-corrected chi connectivity index (χ3v) is 4.13. The van der Waals surface area contributed by atoms with Crippen LogP contribution < -0.4 is 10.1 Å². The molecule has 26 heavy (non-hydrogen) atoms. The molecule has 0 aliphatic heterocycles. The van der Waals surface area contributed by atoms with Crippen molar-refractivity contribution in [2.45, 2.75) is 13.8 Å². The molecule has 7 nitrogen and oxygen atoms in total. The molecule has 0 fully saturated rings. The van der Waals surface area contributed by atoms with Crippen molar-refractivity contribution in [3.63, 3.8) is 0 Å². The molecule has 9 heteroatoms. The first-order valence-electron chi connectivity index (χ1n) is 7.74. The van der Waals surface area contributed by atoms with Gasteiger partial charge in [0.15, 0.2) is 0 Å². The summed E-state index contributed by atoms with van der Waals surface area (Å²) in [6, 6.07) is 2.84. The van der Waals surface area contributed by atoms with E-state index in [1.54, 1.807) is 26.0 Å². The van der Waals surface area contributed by atoms with Crippen molar-refractivity contribution in [3.05, 3.63) is 46.7 Å². The summed E-state index contributed by atoms with van der Waals surface area (Å²) in [6.07, 6.45) is 5.61. The molecule has 0 aromatic carbocycles. The highest BCUT2D eigenvalue weighted by Gasteiger charge is 2.14. The lowest BCUT2D eigenvalue weighted by atomic mass is 10.1. The molecule has 3 heterocycles. The molecule has 1 amide bonds. The molecule has 3 rings (SSSR count). The van der Waals surface area contributed by atoms with Crippen LogP contribution in [0.3, 0.4) is 0 Å². The van der Waals surface area contributed by atoms with E-state index in [-0.39, 0.29) is 0 Å². The first kappa shape index (κ1) is 17.7. The number of nitrogens with zero attached hydrogens (tertiary/aromatic N) is 3. The Morgan fingerprint density at radius 1 is 1.35 bits per heavy atom. The number of hydrogen-bond donors (Lipinski definition) is 1. The zero-order valence-corrected chi connectivity index (χ0v) is 14.8. The Morgan fingerprint density at radius 3 is 2.92 bits per heavy atom. The quantitative estimate of drug-likeness (QED) is 0.728. The Kier molecular flexibility index (Phi) is 5.37. The molecule has 0 unspecified atom stereocenters. The number of carbonyl (C=O) groups excluding carboxylic acids is 1. The van der Waals surface area contributed by atoms with Gasteiger partial charge in [-0.3, -0.25) is 4.98 Å². The Labute approximate surface area is 152 Å². The Bertz CT molecular complexity index is 934. The smallest absolute Gasteiger partial charge is 0.397 e. The van der Waals surface area contributed by atoms with Gasteiger partial charge in [0.25, 0.3) is 0 Å². The van der Waals surface area contributed by atoms with Crippen molar-refractivity contribution in [2.24, 2.45) is 0 Å². The van der Waals surface area contributed by atoms with Crippen LogP contribution in [0.4, 0.5) is 9.18 Å². The van der Waals surface area contributed by atoms with E-state index in [1.165, 1.54) is 29.7 Å². The average molecular weight is 374 g/mol. The number of carbonyl (C=O) groups is 1. The predicted molar refractivity (Wildman–Crippen MR) is 95.2 cm³/mol. The summed E-state index contributed by atoms with van der Waals surface area (Å²) < 4.78 is 23.4. The van der Waals surface area contributed by atoms with Crippen LogP contribution in [-0.4, -0.2) is 27.8 Å². The minimum absolute atomic E-state index is 0.387. The first-order valence-corrected chi connectivity index (χ1v) is 8.56. The molecule has 0 saturated carbocycles. The number of aromatic nitrogens is 3. The minimum atomic E-state index is -0.522. The van der Waals surface area contributed by atoms with Gasteiger partial charge in [0.05, 0.1) is 18.1 Å². The summed E-state index contributed by atoms with van der Waals surface area (Å²) in [4.78, 5) is 19.6. The number of hydrogen-bond acceptors (Lipinski definition) is 7. The number of halogens is 1. The molecule has 134 valence electrons. The summed E-state index contributed by atoms with van der Waals surface area (Å²) in [7, 11) is 0. The summed E-state index contributed by atoms with van der Waals surface area (Å²) in [6.45, 7) is 4.06. The fourth-order valence-corrected chi connectivity index (χ4v) is 2.77. The van der Waals surface area contributed by atoms with Crippen LogP contribution in [0.2, 0.25) is 0 Å². The number of pyridine rings is 1. The van der Waals surface area contributed by atoms with Gasteiger partial charge in [-0.2, -0.15) is 0 Å².